The molecular weight excluding hydrogens is 210 g/mol. The maximum absolute atomic E-state index is 4.99. The van der Waals surface area contributed by atoms with Crippen LogP contribution in [0.2, 0.25) is 0 Å². The number of nitrogens with zero attached hydrogens (tertiary/aromatic N) is 2. The minimum atomic E-state index is 0.740. The smallest absolute Gasteiger partial charge is 0.130 e. The summed E-state index contributed by atoms with van der Waals surface area (Å²) in [5.74, 6) is 2.61. The van der Waals surface area contributed by atoms with Gasteiger partial charge in [0.15, 0.2) is 0 Å². The van der Waals surface area contributed by atoms with Gasteiger partial charge in [-0.1, -0.05) is 0 Å². The molecule has 0 radical (unpaired) electrons. The molecule has 4 nitrogen and oxygen atoms in total. The van der Waals surface area contributed by atoms with Crippen LogP contribution in [-0.4, -0.2) is 36.0 Å². The third-order valence-corrected chi connectivity index (χ3v) is 2.59. The van der Waals surface area contributed by atoms with Crippen molar-refractivity contribution >= 4 is 17.6 Å². The molecule has 0 atom stereocenters. The Kier molecular flexibility index (Phi) is 5.42. The van der Waals surface area contributed by atoms with Gasteiger partial charge in [0.2, 0.25) is 0 Å². The van der Waals surface area contributed by atoms with Crippen molar-refractivity contribution in [3.8, 4) is 0 Å². The number of thioether (sulfide) groups is 1. The Balaban J connectivity index is 2.62. The second-order valence-electron chi connectivity index (χ2n) is 3.01. The van der Waals surface area contributed by atoms with Gasteiger partial charge < -0.3 is 10.1 Å². The summed E-state index contributed by atoms with van der Waals surface area (Å²) in [4.78, 5) is 8.63. The number of anilines is 1. The standard InChI is InChI=1S/C10H17N3OS/c1-4-11-9-7-10(13-8(2)12-9)15-6-5-14-3/h7H,4-6H2,1-3H3,(H,11,12,13). The zero-order valence-electron chi connectivity index (χ0n) is 9.41. The molecule has 0 aliphatic heterocycles. The lowest BCUT2D eigenvalue weighted by molar-refractivity contribution is 0.218. The van der Waals surface area contributed by atoms with Crippen LogP contribution in [0.5, 0.6) is 0 Å². The first-order valence-electron chi connectivity index (χ1n) is 4.97. The molecular formula is C10H17N3OS. The van der Waals surface area contributed by atoms with E-state index in [1.807, 2.05) is 13.0 Å². The topological polar surface area (TPSA) is 47.0 Å². The Morgan fingerprint density at radius 2 is 2.27 bits per heavy atom. The summed E-state index contributed by atoms with van der Waals surface area (Å²) in [6.45, 7) is 5.57. The van der Waals surface area contributed by atoms with E-state index in [2.05, 4.69) is 22.2 Å². The largest absolute Gasteiger partial charge is 0.384 e. The quantitative estimate of drug-likeness (QED) is 0.457. The summed E-state index contributed by atoms with van der Waals surface area (Å²) < 4.78 is 4.99. The predicted octanol–water partition coefficient (Wildman–Crippen LogP) is 1.96. The Morgan fingerprint density at radius 1 is 1.47 bits per heavy atom. The Labute approximate surface area is 94.8 Å². The molecule has 0 unspecified atom stereocenters. The van der Waals surface area contributed by atoms with Gasteiger partial charge in [-0.05, 0) is 13.8 Å². The highest BCUT2D eigenvalue weighted by atomic mass is 32.2. The van der Waals surface area contributed by atoms with Gasteiger partial charge in [0, 0.05) is 25.5 Å². The van der Waals surface area contributed by atoms with Crippen LogP contribution in [0, 0.1) is 6.92 Å². The van der Waals surface area contributed by atoms with Crippen molar-refractivity contribution in [2.45, 2.75) is 18.9 Å². The number of aromatic nitrogens is 2. The molecule has 0 bridgehead atoms. The van der Waals surface area contributed by atoms with E-state index in [9.17, 15) is 0 Å². The fraction of sp³-hybridized carbons (Fsp3) is 0.600. The number of methoxy groups -OCH3 is 1. The maximum Gasteiger partial charge on any atom is 0.130 e. The molecule has 84 valence electrons. The minimum Gasteiger partial charge on any atom is -0.384 e. The number of hydrogen-bond donors (Lipinski definition) is 1. The fourth-order valence-electron chi connectivity index (χ4n) is 1.12. The van der Waals surface area contributed by atoms with Crippen LogP contribution in [0.3, 0.4) is 0 Å². The molecule has 1 rings (SSSR count). The zero-order valence-corrected chi connectivity index (χ0v) is 10.2. The van der Waals surface area contributed by atoms with Crippen LogP contribution in [0.25, 0.3) is 0 Å². The number of ether oxygens (including phenoxy) is 1. The summed E-state index contributed by atoms with van der Waals surface area (Å²) in [5, 5.41) is 4.18. The number of aryl methyl sites for hydroxylation is 1. The third kappa shape index (κ3) is 4.48. The van der Waals surface area contributed by atoms with Gasteiger partial charge >= 0.3 is 0 Å². The first kappa shape index (κ1) is 12.3. The molecule has 0 aromatic carbocycles. The van der Waals surface area contributed by atoms with Crippen molar-refractivity contribution in [1.82, 2.24) is 9.97 Å². The van der Waals surface area contributed by atoms with E-state index in [1.165, 1.54) is 0 Å². The van der Waals surface area contributed by atoms with Crippen LogP contribution in [0.4, 0.5) is 5.82 Å². The molecule has 0 aliphatic rings. The SMILES string of the molecule is CCNc1cc(SCCOC)nc(C)n1. The highest BCUT2D eigenvalue weighted by molar-refractivity contribution is 7.99. The second kappa shape index (κ2) is 6.63. The van der Waals surface area contributed by atoms with Gasteiger partial charge in [-0.2, -0.15) is 0 Å². The van der Waals surface area contributed by atoms with Gasteiger partial charge in [-0.25, -0.2) is 9.97 Å². The first-order valence-corrected chi connectivity index (χ1v) is 5.96. The summed E-state index contributed by atoms with van der Waals surface area (Å²) in [5.41, 5.74) is 0. The van der Waals surface area contributed by atoms with Gasteiger partial charge in [0.05, 0.1) is 6.61 Å². The third-order valence-electron chi connectivity index (χ3n) is 1.71. The van der Waals surface area contributed by atoms with E-state index < -0.39 is 0 Å². The Bertz CT molecular complexity index is 307. The van der Waals surface area contributed by atoms with Gasteiger partial charge in [-0.3, -0.25) is 0 Å². The van der Waals surface area contributed by atoms with Gasteiger partial charge in [0.25, 0.3) is 0 Å². The Morgan fingerprint density at radius 3 is 2.93 bits per heavy atom. The molecule has 0 saturated heterocycles. The molecule has 5 heteroatoms. The normalized spacial score (nSPS) is 10.3. The molecule has 1 heterocycles. The molecule has 1 N–H and O–H groups in total. The van der Waals surface area contributed by atoms with Gasteiger partial charge in [0.1, 0.15) is 16.7 Å². The number of nitrogens with one attached hydrogen (secondary N) is 1. The maximum atomic E-state index is 4.99. The lowest BCUT2D eigenvalue weighted by Gasteiger charge is -2.06. The Hall–Kier alpha value is -0.810. The van der Waals surface area contributed by atoms with E-state index in [0.717, 1.165) is 35.6 Å². The monoisotopic (exact) mass is 227 g/mol. The summed E-state index contributed by atoms with van der Waals surface area (Å²) in [7, 11) is 1.70. The van der Waals surface area contributed by atoms with E-state index in [0.29, 0.717) is 0 Å². The van der Waals surface area contributed by atoms with Crippen molar-refractivity contribution in [3.63, 3.8) is 0 Å². The highest BCUT2D eigenvalue weighted by Gasteiger charge is 2.01. The predicted molar refractivity (Wildman–Crippen MR) is 63.5 cm³/mol. The van der Waals surface area contributed by atoms with E-state index in [-0.39, 0.29) is 0 Å². The van der Waals surface area contributed by atoms with Crippen molar-refractivity contribution in [3.05, 3.63) is 11.9 Å². The fourth-order valence-corrected chi connectivity index (χ4v) is 1.97. The first-order chi connectivity index (χ1) is 7.26. The molecule has 1 aromatic rings. The molecule has 1 aromatic heterocycles. The molecule has 15 heavy (non-hydrogen) atoms. The molecule has 0 amide bonds. The van der Waals surface area contributed by atoms with Crippen LogP contribution in [0.15, 0.2) is 11.1 Å². The van der Waals surface area contributed by atoms with Crippen LogP contribution in [0.1, 0.15) is 12.7 Å². The van der Waals surface area contributed by atoms with E-state index in [4.69, 9.17) is 4.74 Å². The number of hydrogen-bond acceptors (Lipinski definition) is 5. The highest BCUT2D eigenvalue weighted by Crippen LogP contribution is 2.18. The van der Waals surface area contributed by atoms with E-state index in [1.54, 1.807) is 18.9 Å². The van der Waals surface area contributed by atoms with Crippen molar-refractivity contribution in [1.29, 1.82) is 0 Å². The van der Waals surface area contributed by atoms with E-state index >= 15 is 0 Å². The van der Waals surface area contributed by atoms with Crippen LogP contribution >= 0.6 is 11.8 Å². The van der Waals surface area contributed by atoms with Crippen LogP contribution in [-0.2, 0) is 4.74 Å². The van der Waals surface area contributed by atoms with Crippen molar-refractivity contribution in [2.75, 3.05) is 31.3 Å². The number of rotatable bonds is 6. The summed E-state index contributed by atoms with van der Waals surface area (Å²) >= 11 is 1.68. The lowest BCUT2D eigenvalue weighted by atomic mass is 10.5. The van der Waals surface area contributed by atoms with Gasteiger partial charge in [-0.15, -0.1) is 11.8 Å². The molecule has 0 aliphatic carbocycles. The summed E-state index contributed by atoms with van der Waals surface area (Å²) in [6, 6.07) is 1.97. The average Bonchev–Trinajstić information content (AvgIpc) is 2.18. The lowest BCUT2D eigenvalue weighted by Crippen LogP contribution is -2.02. The molecule has 0 spiro atoms. The average molecular weight is 227 g/mol. The molecule has 0 saturated carbocycles. The van der Waals surface area contributed by atoms with Crippen molar-refractivity contribution in [2.24, 2.45) is 0 Å². The minimum absolute atomic E-state index is 0.740. The van der Waals surface area contributed by atoms with Crippen LogP contribution < -0.4 is 5.32 Å². The zero-order chi connectivity index (χ0) is 11.1. The second-order valence-corrected chi connectivity index (χ2v) is 4.13. The summed E-state index contributed by atoms with van der Waals surface area (Å²) in [6.07, 6.45) is 0. The van der Waals surface area contributed by atoms with Crippen molar-refractivity contribution < 1.29 is 4.74 Å². The molecule has 0 fully saturated rings.